The van der Waals surface area contributed by atoms with Crippen LogP contribution >= 0.6 is 12.2 Å². The van der Waals surface area contributed by atoms with E-state index in [4.69, 9.17) is 28.4 Å². The van der Waals surface area contributed by atoms with E-state index in [1.165, 1.54) is 0 Å². The number of primary amides is 1. The topological polar surface area (TPSA) is 81.6 Å². The molecule has 86 valence electrons. The average molecular weight is 231 g/mol. The summed E-state index contributed by atoms with van der Waals surface area (Å²) in [6, 6.07) is -0.0933. The first-order valence-electron chi connectivity index (χ1n) is 5.00. The molecule has 1 heterocycles. The number of nitrogens with zero attached hydrogens (tertiary/aromatic N) is 1. The number of carbonyl (C=O) groups excluding carboxylic acids is 1. The summed E-state index contributed by atoms with van der Waals surface area (Å²) in [5.41, 5.74) is 10.5. The molecule has 0 bridgehead atoms. The first-order valence-corrected chi connectivity index (χ1v) is 5.41. The lowest BCUT2D eigenvalue weighted by Crippen LogP contribution is -2.55. The van der Waals surface area contributed by atoms with Crippen LogP contribution in [0, 0.1) is 0 Å². The van der Waals surface area contributed by atoms with E-state index in [1.54, 1.807) is 0 Å². The van der Waals surface area contributed by atoms with Gasteiger partial charge in [-0.15, -0.1) is 0 Å². The van der Waals surface area contributed by atoms with Crippen LogP contribution in [0.25, 0.3) is 0 Å². The van der Waals surface area contributed by atoms with Gasteiger partial charge in [0.2, 0.25) is 5.91 Å². The predicted molar refractivity (Wildman–Crippen MR) is 61.4 cm³/mol. The molecule has 1 fully saturated rings. The summed E-state index contributed by atoms with van der Waals surface area (Å²) in [5, 5.41) is 0. The van der Waals surface area contributed by atoms with Crippen LogP contribution < -0.4 is 11.5 Å². The molecule has 1 unspecified atom stereocenters. The number of thiocarbonyl (C=S) groups is 1. The Morgan fingerprint density at radius 1 is 1.47 bits per heavy atom. The molecule has 1 saturated heterocycles. The molecule has 0 saturated carbocycles. The van der Waals surface area contributed by atoms with Crippen LogP contribution in [0.15, 0.2) is 0 Å². The van der Waals surface area contributed by atoms with Crippen molar-refractivity contribution in [3.63, 3.8) is 0 Å². The molecule has 0 aromatic rings. The molecule has 0 aliphatic carbocycles. The van der Waals surface area contributed by atoms with Crippen LogP contribution in [-0.2, 0) is 9.53 Å². The lowest BCUT2D eigenvalue weighted by molar-refractivity contribution is -0.127. The maximum Gasteiger partial charge on any atom is 0.234 e. The number of ether oxygens (including phenoxy) is 1. The number of amides is 1. The second-order valence-electron chi connectivity index (χ2n) is 3.57. The Balaban J connectivity index is 2.01. The highest BCUT2D eigenvalue weighted by Crippen LogP contribution is 2.15. The van der Waals surface area contributed by atoms with Crippen molar-refractivity contribution in [1.29, 1.82) is 0 Å². The Bertz CT molecular complexity index is 248. The van der Waals surface area contributed by atoms with Crippen molar-refractivity contribution in [2.45, 2.75) is 18.9 Å². The summed E-state index contributed by atoms with van der Waals surface area (Å²) < 4.78 is 5.32. The number of likely N-dealkylation sites (tertiary alicyclic amines) is 1. The van der Waals surface area contributed by atoms with Crippen LogP contribution in [0.5, 0.6) is 0 Å². The molecule has 0 radical (unpaired) electrons. The van der Waals surface area contributed by atoms with Crippen molar-refractivity contribution in [3.05, 3.63) is 0 Å². The predicted octanol–water partition coefficient (Wildman–Crippen LogP) is -0.761. The third-order valence-corrected chi connectivity index (χ3v) is 2.68. The van der Waals surface area contributed by atoms with Gasteiger partial charge >= 0.3 is 0 Å². The summed E-state index contributed by atoms with van der Waals surface area (Å²) in [6.45, 7) is 2.80. The highest BCUT2D eigenvalue weighted by atomic mass is 32.1. The monoisotopic (exact) mass is 231 g/mol. The average Bonchev–Trinajstić information content (AvgIpc) is 2.07. The lowest BCUT2D eigenvalue weighted by Gasteiger charge is -2.38. The van der Waals surface area contributed by atoms with E-state index in [2.05, 4.69) is 0 Å². The summed E-state index contributed by atoms with van der Waals surface area (Å²) in [5.74, 6) is -0.246. The number of hydrogen-bond acceptors (Lipinski definition) is 4. The number of nitrogens with two attached hydrogens (primary N) is 2. The summed E-state index contributed by atoms with van der Waals surface area (Å²) in [7, 11) is 0. The molecule has 5 nitrogen and oxygen atoms in total. The number of hydrogen-bond donors (Lipinski definition) is 2. The molecule has 1 atom stereocenters. The molecule has 1 amide bonds. The highest BCUT2D eigenvalue weighted by Gasteiger charge is 2.31. The molecular weight excluding hydrogens is 214 g/mol. The second-order valence-corrected chi connectivity index (χ2v) is 4.10. The zero-order valence-electron chi connectivity index (χ0n) is 8.65. The zero-order valence-corrected chi connectivity index (χ0v) is 9.46. The molecule has 1 rings (SSSR count). The van der Waals surface area contributed by atoms with Gasteiger partial charge in [-0.2, -0.15) is 0 Å². The second kappa shape index (κ2) is 5.99. The van der Waals surface area contributed by atoms with Crippen LogP contribution in [-0.4, -0.2) is 48.1 Å². The Kier molecular flexibility index (Phi) is 4.93. The summed E-state index contributed by atoms with van der Waals surface area (Å²) in [4.78, 5) is 13.4. The van der Waals surface area contributed by atoms with Crippen LogP contribution in [0.4, 0.5) is 0 Å². The van der Waals surface area contributed by atoms with E-state index in [0.29, 0.717) is 24.6 Å². The van der Waals surface area contributed by atoms with Crippen molar-refractivity contribution in [2.24, 2.45) is 11.5 Å². The molecule has 4 N–H and O–H groups in total. The Labute approximate surface area is 94.7 Å². The van der Waals surface area contributed by atoms with Crippen molar-refractivity contribution in [3.8, 4) is 0 Å². The fraction of sp³-hybridized carbons (Fsp3) is 0.778. The van der Waals surface area contributed by atoms with Crippen molar-refractivity contribution < 1.29 is 9.53 Å². The van der Waals surface area contributed by atoms with Crippen molar-refractivity contribution >= 4 is 23.1 Å². The molecular formula is C9H17N3O2S. The van der Waals surface area contributed by atoms with Gasteiger partial charge in [-0.3, -0.25) is 9.69 Å². The van der Waals surface area contributed by atoms with E-state index in [1.807, 2.05) is 4.90 Å². The van der Waals surface area contributed by atoms with Crippen LogP contribution in [0.2, 0.25) is 0 Å². The first-order chi connectivity index (χ1) is 7.11. The van der Waals surface area contributed by atoms with Crippen molar-refractivity contribution in [1.82, 2.24) is 4.90 Å². The fourth-order valence-corrected chi connectivity index (χ4v) is 1.57. The van der Waals surface area contributed by atoms with Gasteiger partial charge in [0.05, 0.1) is 24.2 Å². The Hall–Kier alpha value is -0.720. The molecule has 1 aliphatic heterocycles. The SMILES string of the molecule is NC(=O)C1CCN1CCOCCC(N)=S. The van der Waals surface area contributed by atoms with Gasteiger partial charge in [0.1, 0.15) is 0 Å². The maximum absolute atomic E-state index is 10.9. The van der Waals surface area contributed by atoms with Crippen molar-refractivity contribution in [2.75, 3.05) is 26.3 Å². The van der Waals surface area contributed by atoms with Gasteiger partial charge in [-0.1, -0.05) is 12.2 Å². The molecule has 0 aromatic carbocycles. The van der Waals surface area contributed by atoms with Gasteiger partial charge < -0.3 is 16.2 Å². The zero-order chi connectivity index (χ0) is 11.3. The minimum atomic E-state index is -0.246. The third-order valence-electron chi connectivity index (χ3n) is 2.47. The lowest BCUT2D eigenvalue weighted by atomic mass is 10.0. The van der Waals surface area contributed by atoms with E-state index < -0.39 is 0 Å². The fourth-order valence-electron chi connectivity index (χ4n) is 1.49. The number of rotatable bonds is 7. The van der Waals surface area contributed by atoms with Crippen LogP contribution in [0.1, 0.15) is 12.8 Å². The minimum Gasteiger partial charge on any atom is -0.393 e. The van der Waals surface area contributed by atoms with Gasteiger partial charge in [-0.05, 0) is 6.42 Å². The smallest absolute Gasteiger partial charge is 0.234 e. The molecule has 6 heteroatoms. The molecule has 0 aromatic heterocycles. The van der Waals surface area contributed by atoms with Gasteiger partial charge in [0.15, 0.2) is 0 Å². The number of carbonyl (C=O) groups is 1. The standard InChI is InChI=1S/C9H17N3O2S/c10-8(15)2-5-14-6-4-12-3-1-7(12)9(11)13/h7H,1-6H2,(H2,10,15)(H2,11,13). The Morgan fingerprint density at radius 3 is 2.67 bits per heavy atom. The molecule has 0 spiro atoms. The first kappa shape index (κ1) is 12.4. The third kappa shape index (κ3) is 4.11. The van der Waals surface area contributed by atoms with Gasteiger partial charge in [-0.25, -0.2) is 0 Å². The largest absolute Gasteiger partial charge is 0.393 e. The highest BCUT2D eigenvalue weighted by molar-refractivity contribution is 7.80. The summed E-state index contributed by atoms with van der Waals surface area (Å²) >= 11 is 4.71. The molecule has 1 aliphatic rings. The maximum atomic E-state index is 10.9. The van der Waals surface area contributed by atoms with E-state index >= 15 is 0 Å². The summed E-state index contributed by atoms with van der Waals surface area (Å²) in [6.07, 6.45) is 1.47. The minimum absolute atomic E-state index is 0.0933. The quantitative estimate of drug-likeness (QED) is 0.444. The molecule has 15 heavy (non-hydrogen) atoms. The normalized spacial score (nSPS) is 20.9. The van der Waals surface area contributed by atoms with Crippen LogP contribution in [0.3, 0.4) is 0 Å². The van der Waals surface area contributed by atoms with E-state index in [9.17, 15) is 4.79 Å². The van der Waals surface area contributed by atoms with E-state index in [-0.39, 0.29) is 11.9 Å². The van der Waals surface area contributed by atoms with Gasteiger partial charge in [0, 0.05) is 19.5 Å². The van der Waals surface area contributed by atoms with E-state index in [0.717, 1.165) is 19.5 Å². The Morgan fingerprint density at radius 2 is 2.20 bits per heavy atom. The van der Waals surface area contributed by atoms with Gasteiger partial charge in [0.25, 0.3) is 0 Å².